The highest BCUT2D eigenvalue weighted by Crippen LogP contribution is 2.13. The van der Waals surface area contributed by atoms with E-state index in [1.807, 2.05) is 4.90 Å². The van der Waals surface area contributed by atoms with Crippen LogP contribution in [0.15, 0.2) is 58.1 Å². The average Bonchev–Trinajstić information content (AvgIpc) is 3.12. The van der Waals surface area contributed by atoms with Crippen molar-refractivity contribution in [2.45, 2.75) is 17.9 Å². The minimum Gasteiger partial charge on any atom is -0.468 e. The van der Waals surface area contributed by atoms with E-state index in [4.69, 9.17) is 4.42 Å². The molecular formula is C20H25N3O4S. The number of sulfonamides is 1. The van der Waals surface area contributed by atoms with Gasteiger partial charge in [0.25, 0.3) is 0 Å². The van der Waals surface area contributed by atoms with Crippen LogP contribution in [0.1, 0.15) is 17.7 Å². The minimum atomic E-state index is -3.62. The fourth-order valence-electron chi connectivity index (χ4n) is 2.96. The molecular weight excluding hydrogens is 378 g/mol. The Balaban J connectivity index is 1.58. The SMILES string of the molecule is CN1CCCN(C(=O)/C=C/c2ccc(S(=O)(=O)NCc3ccco3)cc2)CC1. The van der Waals surface area contributed by atoms with E-state index in [9.17, 15) is 13.2 Å². The van der Waals surface area contributed by atoms with Crippen LogP contribution in [-0.4, -0.2) is 57.4 Å². The summed E-state index contributed by atoms with van der Waals surface area (Å²) in [7, 11) is -1.57. The third-order valence-electron chi connectivity index (χ3n) is 4.66. The van der Waals surface area contributed by atoms with Gasteiger partial charge in [-0.1, -0.05) is 12.1 Å². The molecule has 0 bridgehead atoms. The Morgan fingerprint density at radius 3 is 2.64 bits per heavy atom. The molecule has 0 atom stereocenters. The molecule has 2 aromatic rings. The van der Waals surface area contributed by atoms with E-state index in [1.54, 1.807) is 36.4 Å². The number of rotatable bonds is 6. The van der Waals surface area contributed by atoms with Gasteiger partial charge in [0.05, 0.1) is 17.7 Å². The molecule has 8 heteroatoms. The van der Waals surface area contributed by atoms with Crippen LogP contribution in [0, 0.1) is 0 Å². The summed E-state index contributed by atoms with van der Waals surface area (Å²) < 4.78 is 32.3. The molecule has 1 aromatic heterocycles. The van der Waals surface area contributed by atoms with Crippen molar-refractivity contribution in [3.05, 3.63) is 60.1 Å². The van der Waals surface area contributed by atoms with Crippen molar-refractivity contribution in [3.63, 3.8) is 0 Å². The van der Waals surface area contributed by atoms with Crippen molar-refractivity contribution in [2.24, 2.45) is 0 Å². The number of nitrogens with zero attached hydrogens (tertiary/aromatic N) is 2. The molecule has 2 heterocycles. The molecule has 28 heavy (non-hydrogen) atoms. The number of carbonyl (C=O) groups excluding carboxylic acids is 1. The fraction of sp³-hybridized carbons (Fsp3) is 0.350. The van der Waals surface area contributed by atoms with Crippen molar-refractivity contribution in [3.8, 4) is 0 Å². The van der Waals surface area contributed by atoms with Gasteiger partial charge in [0, 0.05) is 25.7 Å². The first-order valence-corrected chi connectivity index (χ1v) is 10.7. The van der Waals surface area contributed by atoms with Gasteiger partial charge in [0.2, 0.25) is 15.9 Å². The summed E-state index contributed by atoms with van der Waals surface area (Å²) in [6, 6.07) is 9.82. The fourth-order valence-corrected chi connectivity index (χ4v) is 3.95. The molecule has 0 radical (unpaired) electrons. The lowest BCUT2D eigenvalue weighted by atomic mass is 10.2. The summed E-state index contributed by atoms with van der Waals surface area (Å²) in [6.45, 7) is 3.44. The van der Waals surface area contributed by atoms with Gasteiger partial charge in [0.1, 0.15) is 5.76 Å². The summed E-state index contributed by atoms with van der Waals surface area (Å²) in [5.74, 6) is 0.522. The first kappa shape index (κ1) is 20.3. The number of nitrogens with one attached hydrogen (secondary N) is 1. The maximum Gasteiger partial charge on any atom is 0.246 e. The molecule has 1 amide bonds. The van der Waals surface area contributed by atoms with Gasteiger partial charge in [-0.25, -0.2) is 13.1 Å². The number of amides is 1. The molecule has 1 aliphatic rings. The molecule has 1 N–H and O–H groups in total. The second-order valence-electron chi connectivity index (χ2n) is 6.79. The predicted octanol–water partition coefficient (Wildman–Crippen LogP) is 1.94. The molecule has 0 spiro atoms. The minimum absolute atomic E-state index is 0.0212. The molecule has 1 saturated heterocycles. The Labute approximate surface area is 165 Å². The topological polar surface area (TPSA) is 82.9 Å². The van der Waals surface area contributed by atoms with Gasteiger partial charge in [-0.2, -0.15) is 0 Å². The van der Waals surface area contributed by atoms with Crippen LogP contribution in [0.4, 0.5) is 0 Å². The Kier molecular flexibility index (Phi) is 6.66. The molecule has 1 fully saturated rings. The number of benzene rings is 1. The van der Waals surface area contributed by atoms with Crippen LogP contribution in [0.2, 0.25) is 0 Å². The summed E-state index contributed by atoms with van der Waals surface area (Å²) in [5, 5.41) is 0. The van der Waals surface area contributed by atoms with Gasteiger partial charge in [-0.3, -0.25) is 4.79 Å². The van der Waals surface area contributed by atoms with Crippen molar-refractivity contribution >= 4 is 22.0 Å². The summed E-state index contributed by atoms with van der Waals surface area (Å²) >= 11 is 0. The first-order chi connectivity index (χ1) is 13.4. The second kappa shape index (κ2) is 9.18. The highest BCUT2D eigenvalue weighted by Gasteiger charge is 2.16. The van der Waals surface area contributed by atoms with Gasteiger partial charge in [-0.05, 0) is 55.9 Å². The molecule has 1 aromatic carbocycles. The zero-order chi connectivity index (χ0) is 20.0. The predicted molar refractivity (Wildman–Crippen MR) is 107 cm³/mol. The lowest BCUT2D eigenvalue weighted by molar-refractivity contribution is -0.125. The van der Waals surface area contributed by atoms with Gasteiger partial charge < -0.3 is 14.2 Å². The third-order valence-corrected chi connectivity index (χ3v) is 6.07. The van der Waals surface area contributed by atoms with Crippen LogP contribution in [0.25, 0.3) is 6.08 Å². The standard InChI is InChI=1S/C20H25N3O4S/c1-22-11-3-12-23(14-13-22)20(24)10-7-17-5-8-19(9-6-17)28(25,26)21-16-18-4-2-15-27-18/h2,4-10,15,21H,3,11-14,16H2,1H3/b10-7+. The first-order valence-electron chi connectivity index (χ1n) is 9.22. The molecule has 0 unspecified atom stereocenters. The number of hydrogen-bond acceptors (Lipinski definition) is 5. The maximum absolute atomic E-state index is 12.4. The van der Waals surface area contributed by atoms with Crippen LogP contribution < -0.4 is 4.72 Å². The van der Waals surface area contributed by atoms with E-state index >= 15 is 0 Å². The molecule has 150 valence electrons. The Morgan fingerprint density at radius 2 is 1.93 bits per heavy atom. The smallest absolute Gasteiger partial charge is 0.246 e. The monoisotopic (exact) mass is 403 g/mol. The second-order valence-corrected chi connectivity index (χ2v) is 8.56. The normalized spacial score (nSPS) is 16.4. The van der Waals surface area contributed by atoms with E-state index in [0.29, 0.717) is 5.76 Å². The van der Waals surface area contributed by atoms with Crippen molar-refractivity contribution in [1.82, 2.24) is 14.5 Å². The van der Waals surface area contributed by atoms with E-state index in [2.05, 4.69) is 16.7 Å². The van der Waals surface area contributed by atoms with Gasteiger partial charge in [-0.15, -0.1) is 0 Å². The van der Waals surface area contributed by atoms with Crippen molar-refractivity contribution < 1.29 is 17.6 Å². The molecule has 0 aliphatic carbocycles. The van der Waals surface area contributed by atoms with Crippen LogP contribution >= 0.6 is 0 Å². The Bertz CT molecular complexity index is 905. The van der Waals surface area contributed by atoms with Gasteiger partial charge >= 0.3 is 0 Å². The van der Waals surface area contributed by atoms with Crippen LogP contribution in [0.3, 0.4) is 0 Å². The Morgan fingerprint density at radius 1 is 1.14 bits per heavy atom. The molecule has 3 rings (SSSR count). The number of carbonyl (C=O) groups is 1. The molecule has 0 saturated carbocycles. The highest BCUT2D eigenvalue weighted by atomic mass is 32.2. The zero-order valence-electron chi connectivity index (χ0n) is 15.9. The van der Waals surface area contributed by atoms with Crippen LogP contribution in [-0.2, 0) is 21.4 Å². The van der Waals surface area contributed by atoms with E-state index in [-0.39, 0.29) is 17.3 Å². The molecule has 7 nitrogen and oxygen atoms in total. The maximum atomic E-state index is 12.4. The summed E-state index contributed by atoms with van der Waals surface area (Å²) in [6.07, 6.45) is 5.72. The van der Waals surface area contributed by atoms with Crippen molar-refractivity contribution in [1.29, 1.82) is 0 Å². The lowest BCUT2D eigenvalue weighted by Crippen LogP contribution is -2.33. The molecule has 1 aliphatic heterocycles. The Hall–Kier alpha value is -2.42. The van der Waals surface area contributed by atoms with E-state index in [1.165, 1.54) is 18.4 Å². The highest BCUT2D eigenvalue weighted by molar-refractivity contribution is 7.89. The largest absolute Gasteiger partial charge is 0.468 e. The third kappa shape index (κ3) is 5.54. The zero-order valence-corrected chi connectivity index (χ0v) is 16.7. The summed E-state index contributed by atoms with van der Waals surface area (Å²) in [4.78, 5) is 16.6. The average molecular weight is 404 g/mol. The van der Waals surface area contributed by atoms with Crippen LogP contribution in [0.5, 0.6) is 0 Å². The number of furan rings is 1. The number of likely N-dealkylation sites (N-methyl/N-ethyl adjacent to an activating group) is 1. The quantitative estimate of drug-likeness (QED) is 0.746. The number of hydrogen-bond donors (Lipinski definition) is 1. The van der Waals surface area contributed by atoms with Gasteiger partial charge in [0.15, 0.2) is 0 Å². The van der Waals surface area contributed by atoms with E-state index in [0.717, 1.165) is 38.2 Å². The van der Waals surface area contributed by atoms with Crippen molar-refractivity contribution in [2.75, 3.05) is 33.2 Å². The lowest BCUT2D eigenvalue weighted by Gasteiger charge is -2.18. The summed E-state index contributed by atoms with van der Waals surface area (Å²) in [5.41, 5.74) is 0.769. The van der Waals surface area contributed by atoms with E-state index < -0.39 is 10.0 Å².